The van der Waals surface area contributed by atoms with Crippen molar-refractivity contribution in [1.29, 1.82) is 0 Å². The average Bonchev–Trinajstić information content (AvgIpc) is 2.14. The first-order valence-corrected chi connectivity index (χ1v) is 7.29. The van der Waals surface area contributed by atoms with Crippen molar-refractivity contribution in [1.82, 2.24) is 4.98 Å². The highest BCUT2D eigenvalue weighted by atomic mass is 28.4. The highest BCUT2D eigenvalue weighted by Crippen LogP contribution is 2.00. The molecule has 0 aliphatic heterocycles. The fraction of sp³-hybridized carbons (Fsp3) is 1.00. The van der Waals surface area contributed by atoms with E-state index in [9.17, 15) is 0 Å². The summed E-state index contributed by atoms with van der Waals surface area (Å²) in [6.45, 7) is 0.908. The SMILES string of the molecule is CO[Si](NCCC[SiH3])(OC)OC. The fourth-order valence-corrected chi connectivity index (χ4v) is 2.65. The van der Waals surface area contributed by atoms with Crippen molar-refractivity contribution in [3.63, 3.8) is 0 Å². The van der Waals surface area contributed by atoms with E-state index in [4.69, 9.17) is 13.3 Å². The molecule has 0 aromatic heterocycles. The van der Waals surface area contributed by atoms with Crippen LogP contribution in [-0.2, 0) is 13.3 Å². The molecular formula is C6H19NO3Si2. The Morgan fingerprint density at radius 3 is 2.00 bits per heavy atom. The molecule has 0 spiro atoms. The van der Waals surface area contributed by atoms with Gasteiger partial charge in [-0.05, 0) is 13.0 Å². The van der Waals surface area contributed by atoms with Gasteiger partial charge in [0.25, 0.3) is 0 Å². The van der Waals surface area contributed by atoms with Crippen LogP contribution in [0.25, 0.3) is 0 Å². The smallest absolute Gasteiger partial charge is 0.364 e. The Morgan fingerprint density at radius 1 is 1.17 bits per heavy atom. The Balaban J connectivity index is 3.76. The van der Waals surface area contributed by atoms with Crippen LogP contribution >= 0.6 is 0 Å². The Morgan fingerprint density at radius 2 is 1.67 bits per heavy atom. The maximum Gasteiger partial charge on any atom is 0.595 e. The van der Waals surface area contributed by atoms with Gasteiger partial charge in [0, 0.05) is 31.6 Å². The molecule has 4 nitrogen and oxygen atoms in total. The average molecular weight is 209 g/mol. The van der Waals surface area contributed by atoms with Crippen LogP contribution in [-0.4, -0.2) is 47.1 Å². The maximum atomic E-state index is 5.18. The molecule has 0 bridgehead atoms. The molecule has 1 N–H and O–H groups in total. The number of hydrogen-bond acceptors (Lipinski definition) is 4. The molecule has 0 amide bonds. The van der Waals surface area contributed by atoms with Crippen molar-refractivity contribution in [3.05, 3.63) is 0 Å². The fourth-order valence-electron chi connectivity index (χ4n) is 0.885. The quantitative estimate of drug-likeness (QED) is 0.437. The van der Waals surface area contributed by atoms with E-state index >= 15 is 0 Å². The second-order valence-corrected chi connectivity index (χ2v) is 6.14. The van der Waals surface area contributed by atoms with E-state index in [1.807, 2.05) is 0 Å². The molecule has 12 heavy (non-hydrogen) atoms. The van der Waals surface area contributed by atoms with Crippen molar-refractivity contribution in [2.24, 2.45) is 0 Å². The molecule has 0 radical (unpaired) electrons. The molecule has 0 heterocycles. The van der Waals surface area contributed by atoms with Gasteiger partial charge >= 0.3 is 8.97 Å². The molecule has 0 aromatic rings. The monoisotopic (exact) mass is 209 g/mol. The van der Waals surface area contributed by atoms with Gasteiger partial charge in [-0.25, -0.2) is 0 Å². The van der Waals surface area contributed by atoms with Crippen molar-refractivity contribution >= 4 is 19.2 Å². The van der Waals surface area contributed by atoms with E-state index in [1.54, 1.807) is 21.3 Å². The van der Waals surface area contributed by atoms with Gasteiger partial charge in [-0.3, -0.25) is 4.98 Å². The van der Waals surface area contributed by atoms with Crippen LogP contribution in [0.1, 0.15) is 6.42 Å². The van der Waals surface area contributed by atoms with E-state index in [2.05, 4.69) is 4.98 Å². The van der Waals surface area contributed by atoms with Gasteiger partial charge in [0.2, 0.25) is 0 Å². The third-order valence-electron chi connectivity index (χ3n) is 1.68. The van der Waals surface area contributed by atoms with E-state index < -0.39 is 8.97 Å². The second-order valence-electron chi connectivity index (χ2n) is 2.45. The zero-order chi connectivity index (χ0) is 9.45. The molecule has 0 saturated heterocycles. The number of rotatable bonds is 7. The third-order valence-corrected chi connectivity index (χ3v) is 4.68. The van der Waals surface area contributed by atoms with Crippen LogP contribution in [0.5, 0.6) is 0 Å². The molecular weight excluding hydrogens is 190 g/mol. The van der Waals surface area contributed by atoms with Crippen molar-refractivity contribution in [2.75, 3.05) is 27.9 Å². The lowest BCUT2D eigenvalue weighted by Crippen LogP contribution is -2.57. The van der Waals surface area contributed by atoms with E-state index in [1.165, 1.54) is 16.3 Å². The summed E-state index contributed by atoms with van der Waals surface area (Å²) >= 11 is 0. The van der Waals surface area contributed by atoms with Crippen LogP contribution in [0.3, 0.4) is 0 Å². The van der Waals surface area contributed by atoms with Crippen LogP contribution in [0, 0.1) is 0 Å². The first-order chi connectivity index (χ1) is 5.74. The molecule has 0 aliphatic carbocycles. The van der Waals surface area contributed by atoms with E-state index in [-0.39, 0.29) is 0 Å². The lowest BCUT2D eigenvalue weighted by atomic mass is 10.5. The predicted molar refractivity (Wildman–Crippen MR) is 54.1 cm³/mol. The summed E-state index contributed by atoms with van der Waals surface area (Å²) in [4.78, 5) is 3.18. The summed E-state index contributed by atoms with van der Waals surface area (Å²) in [6.07, 6.45) is 1.16. The Hall–Kier alpha value is 0.274. The van der Waals surface area contributed by atoms with Gasteiger partial charge in [0.1, 0.15) is 0 Å². The minimum atomic E-state index is -2.49. The minimum Gasteiger partial charge on any atom is -0.364 e. The van der Waals surface area contributed by atoms with Gasteiger partial charge in [-0.1, -0.05) is 6.04 Å². The van der Waals surface area contributed by atoms with E-state index in [0.29, 0.717) is 0 Å². The molecule has 0 saturated carbocycles. The third kappa shape index (κ3) is 3.79. The topological polar surface area (TPSA) is 39.7 Å². The van der Waals surface area contributed by atoms with Gasteiger partial charge in [0.15, 0.2) is 0 Å². The zero-order valence-electron chi connectivity index (χ0n) is 8.35. The minimum absolute atomic E-state index is 0.908. The zero-order valence-corrected chi connectivity index (χ0v) is 11.3. The molecule has 0 aromatic carbocycles. The molecule has 0 rings (SSSR count). The van der Waals surface area contributed by atoms with Gasteiger partial charge in [-0.2, -0.15) is 0 Å². The van der Waals surface area contributed by atoms with Crippen LogP contribution in [0.2, 0.25) is 6.04 Å². The Bertz CT molecular complexity index is 103. The molecule has 0 aliphatic rings. The Labute approximate surface area is 78.5 Å². The highest BCUT2D eigenvalue weighted by Gasteiger charge is 2.38. The molecule has 0 atom stereocenters. The largest absolute Gasteiger partial charge is 0.595 e. The summed E-state index contributed by atoms with van der Waals surface area (Å²) in [6, 6.07) is 1.29. The maximum absolute atomic E-state index is 5.18. The molecule has 0 fully saturated rings. The van der Waals surface area contributed by atoms with Gasteiger partial charge in [0.05, 0.1) is 0 Å². The first-order valence-electron chi connectivity index (χ1n) is 4.15. The lowest BCUT2D eigenvalue weighted by molar-refractivity contribution is 0.110. The summed E-state index contributed by atoms with van der Waals surface area (Å²) < 4.78 is 15.5. The Kier molecular flexibility index (Phi) is 6.91. The molecule has 0 unspecified atom stereocenters. The van der Waals surface area contributed by atoms with Crippen molar-refractivity contribution in [2.45, 2.75) is 12.5 Å². The number of nitrogens with one attached hydrogen (secondary N) is 1. The van der Waals surface area contributed by atoms with Gasteiger partial charge < -0.3 is 13.3 Å². The number of hydrogen-bond donors (Lipinski definition) is 1. The van der Waals surface area contributed by atoms with Crippen molar-refractivity contribution < 1.29 is 13.3 Å². The highest BCUT2D eigenvalue weighted by molar-refractivity contribution is 6.57. The standard InChI is InChI=1S/C6H19NO3Si2/c1-8-12(9-2,10-3)7-5-4-6-11/h7H,4-6H2,1-3,11H3. The van der Waals surface area contributed by atoms with Gasteiger partial charge in [-0.15, -0.1) is 0 Å². The van der Waals surface area contributed by atoms with E-state index in [0.717, 1.165) is 13.0 Å². The lowest BCUT2D eigenvalue weighted by Gasteiger charge is -2.24. The van der Waals surface area contributed by atoms with Crippen molar-refractivity contribution in [3.8, 4) is 0 Å². The molecule has 74 valence electrons. The van der Waals surface area contributed by atoms with Crippen LogP contribution in [0.15, 0.2) is 0 Å². The van der Waals surface area contributed by atoms with Crippen LogP contribution < -0.4 is 4.98 Å². The molecule has 6 heteroatoms. The summed E-state index contributed by atoms with van der Waals surface area (Å²) in [7, 11) is 3.57. The summed E-state index contributed by atoms with van der Waals surface area (Å²) in [5, 5.41) is 0. The summed E-state index contributed by atoms with van der Waals surface area (Å²) in [5.41, 5.74) is 0. The van der Waals surface area contributed by atoms with Crippen LogP contribution in [0.4, 0.5) is 0 Å². The summed E-state index contributed by atoms with van der Waals surface area (Å²) in [5.74, 6) is 0. The normalized spacial score (nSPS) is 12.2. The second kappa shape index (κ2) is 6.75. The first kappa shape index (κ1) is 12.3. The predicted octanol–water partition coefficient (Wildman–Crippen LogP) is -0.875.